The standard InChI is InChI=1S/C23H25F3N2O6S/c1-15-13-28(14-16(2)34-15)35(31,32)20-5-3-4-18(12-20)21(29)27-10-11-33-22(30)17-6-8-19(9-7-17)23(24,25)26/h3-9,12,15-16H,10-11,13-14H2,1-2H3,(H,27,29). The molecule has 8 nitrogen and oxygen atoms in total. The maximum Gasteiger partial charge on any atom is 0.416 e. The zero-order chi connectivity index (χ0) is 25.8. The van der Waals surface area contributed by atoms with Crippen molar-refractivity contribution in [3.63, 3.8) is 0 Å². The van der Waals surface area contributed by atoms with E-state index in [0.29, 0.717) is 0 Å². The molecule has 3 rings (SSSR count). The van der Waals surface area contributed by atoms with Gasteiger partial charge in [0.15, 0.2) is 0 Å². The first-order valence-electron chi connectivity index (χ1n) is 10.8. The van der Waals surface area contributed by atoms with Gasteiger partial charge in [-0.3, -0.25) is 4.79 Å². The number of ether oxygens (including phenoxy) is 2. The molecule has 2 unspecified atom stereocenters. The summed E-state index contributed by atoms with van der Waals surface area (Å²) < 4.78 is 75.7. The molecule has 0 radical (unpaired) electrons. The number of hydrogen-bond acceptors (Lipinski definition) is 6. The predicted molar refractivity (Wildman–Crippen MR) is 119 cm³/mol. The number of nitrogens with zero attached hydrogens (tertiary/aromatic N) is 1. The summed E-state index contributed by atoms with van der Waals surface area (Å²) in [7, 11) is -3.83. The van der Waals surface area contributed by atoms with Gasteiger partial charge in [0.2, 0.25) is 10.0 Å². The summed E-state index contributed by atoms with van der Waals surface area (Å²) in [6.07, 6.45) is -5.03. The van der Waals surface area contributed by atoms with Crippen LogP contribution in [0, 0.1) is 0 Å². The van der Waals surface area contributed by atoms with Crippen molar-refractivity contribution in [1.29, 1.82) is 0 Å². The Labute approximate surface area is 201 Å². The molecule has 1 amide bonds. The highest BCUT2D eigenvalue weighted by atomic mass is 32.2. The summed E-state index contributed by atoms with van der Waals surface area (Å²) in [6, 6.07) is 9.14. The average molecular weight is 515 g/mol. The fourth-order valence-electron chi connectivity index (χ4n) is 3.56. The Morgan fingerprint density at radius 2 is 1.69 bits per heavy atom. The van der Waals surface area contributed by atoms with Crippen molar-refractivity contribution in [3.8, 4) is 0 Å². The number of benzene rings is 2. The van der Waals surface area contributed by atoms with Gasteiger partial charge in [0, 0.05) is 18.7 Å². The fourth-order valence-corrected chi connectivity index (χ4v) is 5.20. The van der Waals surface area contributed by atoms with Crippen LogP contribution in [-0.4, -0.2) is 63.0 Å². The minimum atomic E-state index is -4.51. The molecule has 1 saturated heterocycles. The summed E-state index contributed by atoms with van der Waals surface area (Å²) in [4.78, 5) is 24.4. The molecule has 2 aromatic carbocycles. The number of rotatable bonds is 7. The number of amides is 1. The SMILES string of the molecule is CC1CN(S(=O)(=O)c2cccc(C(=O)NCCOC(=O)c3ccc(C(F)(F)F)cc3)c2)CC(C)O1. The van der Waals surface area contributed by atoms with E-state index in [1.807, 2.05) is 0 Å². The lowest BCUT2D eigenvalue weighted by Gasteiger charge is -2.34. The van der Waals surface area contributed by atoms with E-state index in [9.17, 15) is 31.2 Å². The first-order chi connectivity index (χ1) is 16.4. The van der Waals surface area contributed by atoms with E-state index in [1.54, 1.807) is 13.8 Å². The van der Waals surface area contributed by atoms with Crippen molar-refractivity contribution in [3.05, 3.63) is 65.2 Å². The number of carbonyl (C=O) groups is 2. The number of morpholine rings is 1. The van der Waals surface area contributed by atoms with Gasteiger partial charge < -0.3 is 14.8 Å². The monoisotopic (exact) mass is 514 g/mol. The van der Waals surface area contributed by atoms with Gasteiger partial charge in [-0.2, -0.15) is 17.5 Å². The highest BCUT2D eigenvalue weighted by Crippen LogP contribution is 2.29. The second kappa shape index (κ2) is 10.8. The zero-order valence-corrected chi connectivity index (χ0v) is 19.9. The van der Waals surface area contributed by atoms with Crippen LogP contribution in [0.4, 0.5) is 13.2 Å². The summed E-state index contributed by atoms with van der Waals surface area (Å²) in [5.41, 5.74) is -0.841. The molecule has 0 aromatic heterocycles. The molecule has 1 heterocycles. The molecule has 1 fully saturated rings. The fraction of sp³-hybridized carbons (Fsp3) is 0.391. The van der Waals surface area contributed by atoms with Crippen LogP contribution in [0.15, 0.2) is 53.4 Å². The Bertz CT molecular complexity index is 1160. The van der Waals surface area contributed by atoms with E-state index in [0.717, 1.165) is 24.3 Å². The summed E-state index contributed by atoms with van der Waals surface area (Å²) in [5, 5.41) is 2.51. The topological polar surface area (TPSA) is 102 Å². The molecule has 2 atom stereocenters. The quantitative estimate of drug-likeness (QED) is 0.450. The molecule has 1 N–H and O–H groups in total. The van der Waals surface area contributed by atoms with Crippen LogP contribution in [0.1, 0.15) is 40.1 Å². The Kier molecular flexibility index (Phi) is 8.18. The zero-order valence-electron chi connectivity index (χ0n) is 19.0. The van der Waals surface area contributed by atoms with Crippen LogP contribution in [0.3, 0.4) is 0 Å². The Balaban J connectivity index is 1.54. The van der Waals surface area contributed by atoms with Crippen LogP contribution in [0.5, 0.6) is 0 Å². The molecule has 0 saturated carbocycles. The Morgan fingerprint density at radius 3 is 2.29 bits per heavy atom. The number of sulfonamides is 1. The van der Waals surface area contributed by atoms with E-state index >= 15 is 0 Å². The molecule has 0 aliphatic carbocycles. The largest absolute Gasteiger partial charge is 0.460 e. The minimum absolute atomic E-state index is 0.0276. The molecule has 1 aliphatic rings. The minimum Gasteiger partial charge on any atom is -0.460 e. The van der Waals surface area contributed by atoms with Crippen LogP contribution in [0.2, 0.25) is 0 Å². The van der Waals surface area contributed by atoms with E-state index in [-0.39, 0.29) is 54.5 Å². The van der Waals surface area contributed by atoms with Crippen molar-refractivity contribution in [2.75, 3.05) is 26.2 Å². The van der Waals surface area contributed by atoms with Crippen molar-refractivity contribution in [2.45, 2.75) is 37.1 Å². The number of alkyl halides is 3. The second-order valence-corrected chi connectivity index (χ2v) is 10.0. The molecule has 0 spiro atoms. The predicted octanol–water partition coefficient (Wildman–Crippen LogP) is 3.09. The lowest BCUT2D eigenvalue weighted by molar-refractivity contribution is -0.137. The van der Waals surface area contributed by atoms with E-state index < -0.39 is 33.6 Å². The van der Waals surface area contributed by atoms with Gasteiger partial charge in [-0.15, -0.1) is 0 Å². The van der Waals surface area contributed by atoms with Crippen molar-refractivity contribution >= 4 is 21.9 Å². The van der Waals surface area contributed by atoms with Crippen LogP contribution < -0.4 is 5.32 Å². The van der Waals surface area contributed by atoms with Gasteiger partial charge in [-0.25, -0.2) is 13.2 Å². The molecule has 2 aromatic rings. The molecule has 12 heteroatoms. The van der Waals surface area contributed by atoms with Crippen LogP contribution in [0.25, 0.3) is 0 Å². The Morgan fingerprint density at radius 1 is 1.06 bits per heavy atom. The third-order valence-electron chi connectivity index (χ3n) is 5.19. The number of hydrogen-bond donors (Lipinski definition) is 1. The molecule has 0 bridgehead atoms. The molecule has 35 heavy (non-hydrogen) atoms. The molecular formula is C23H25F3N2O6S. The van der Waals surface area contributed by atoms with E-state index in [2.05, 4.69) is 5.32 Å². The number of esters is 1. The van der Waals surface area contributed by atoms with Gasteiger partial charge >= 0.3 is 12.1 Å². The van der Waals surface area contributed by atoms with Gasteiger partial charge in [0.25, 0.3) is 5.91 Å². The van der Waals surface area contributed by atoms with Crippen LogP contribution in [-0.2, 0) is 25.7 Å². The van der Waals surface area contributed by atoms with Crippen molar-refractivity contribution in [1.82, 2.24) is 9.62 Å². The maximum absolute atomic E-state index is 13.0. The summed E-state index contributed by atoms with van der Waals surface area (Å²) in [5.74, 6) is -1.41. The second-order valence-electron chi connectivity index (χ2n) is 8.07. The first-order valence-corrected chi connectivity index (χ1v) is 12.2. The third kappa shape index (κ3) is 6.80. The third-order valence-corrected chi connectivity index (χ3v) is 7.02. The number of carbonyl (C=O) groups excluding carboxylic acids is 2. The Hall–Kier alpha value is -2.96. The normalized spacial score (nSPS) is 19.2. The van der Waals surface area contributed by atoms with Gasteiger partial charge in [-0.05, 0) is 56.3 Å². The van der Waals surface area contributed by atoms with Gasteiger partial charge in [0.05, 0.1) is 34.8 Å². The first kappa shape index (κ1) is 26.6. The molecular weight excluding hydrogens is 489 g/mol. The maximum atomic E-state index is 13.0. The van der Waals surface area contributed by atoms with Crippen molar-refractivity contribution < 1.29 is 40.7 Å². The smallest absolute Gasteiger partial charge is 0.416 e. The van der Waals surface area contributed by atoms with Crippen LogP contribution >= 0.6 is 0 Å². The highest BCUT2D eigenvalue weighted by Gasteiger charge is 2.32. The van der Waals surface area contributed by atoms with Gasteiger partial charge in [0.1, 0.15) is 6.61 Å². The van der Waals surface area contributed by atoms with E-state index in [1.165, 1.54) is 28.6 Å². The number of nitrogens with one attached hydrogen (secondary N) is 1. The summed E-state index contributed by atoms with van der Waals surface area (Å²) >= 11 is 0. The van der Waals surface area contributed by atoms with E-state index in [4.69, 9.17) is 9.47 Å². The van der Waals surface area contributed by atoms with Gasteiger partial charge in [-0.1, -0.05) is 6.07 Å². The average Bonchev–Trinajstić information content (AvgIpc) is 2.80. The lowest BCUT2D eigenvalue weighted by atomic mass is 10.1. The van der Waals surface area contributed by atoms with Crippen molar-refractivity contribution in [2.24, 2.45) is 0 Å². The molecule has 1 aliphatic heterocycles. The number of halogens is 3. The molecule has 190 valence electrons. The highest BCUT2D eigenvalue weighted by molar-refractivity contribution is 7.89. The lowest BCUT2D eigenvalue weighted by Crippen LogP contribution is -2.48. The summed E-state index contributed by atoms with van der Waals surface area (Å²) in [6.45, 7) is 3.66.